The van der Waals surface area contributed by atoms with Crippen molar-refractivity contribution in [1.82, 2.24) is 0 Å². The number of nitrogens with two attached hydrogens (primary N) is 1. The Kier molecular flexibility index (Phi) is 5.64. The Bertz CT molecular complexity index is 233. The number of nitrogen functional groups attached to an aromatic ring is 1. The molecule has 1 aromatic rings. The second kappa shape index (κ2) is 5.95. The lowest BCUT2D eigenvalue weighted by Crippen LogP contribution is -1.90. The van der Waals surface area contributed by atoms with Crippen molar-refractivity contribution in [1.29, 1.82) is 0 Å². The first-order chi connectivity index (χ1) is 5.75. The van der Waals surface area contributed by atoms with Crippen LogP contribution in [0.2, 0.25) is 0 Å². The molecule has 68 valence electrons. The smallest absolute Gasteiger partial charge is 0.0481 e. The van der Waals surface area contributed by atoms with Crippen LogP contribution in [0.15, 0.2) is 23.1 Å². The predicted molar refractivity (Wildman–Crippen MR) is 58.7 cm³/mol. The van der Waals surface area contributed by atoms with Gasteiger partial charge in [0.15, 0.2) is 0 Å². The van der Waals surface area contributed by atoms with Gasteiger partial charge in [-0.3, -0.25) is 0 Å². The molecule has 1 rings (SSSR count). The molecule has 1 nitrogen and oxygen atoms in total. The highest BCUT2D eigenvalue weighted by atomic mass is 32.2. The molecule has 2 N–H and O–H groups in total. The van der Waals surface area contributed by atoms with Gasteiger partial charge in [0.1, 0.15) is 0 Å². The Morgan fingerprint density at radius 1 is 1.25 bits per heavy atom. The van der Waals surface area contributed by atoms with E-state index >= 15 is 0 Å². The molecule has 0 unspecified atom stereocenters. The normalized spacial score (nSPS) is 8.67. The molecule has 0 aromatic heterocycles. The zero-order valence-corrected chi connectivity index (χ0v) is 9.03. The van der Waals surface area contributed by atoms with Crippen molar-refractivity contribution in [3.05, 3.63) is 23.8 Å². The Balaban J connectivity index is 0.000000561. The average molecular weight is 183 g/mol. The molecule has 1 aromatic carbocycles. The first kappa shape index (κ1) is 11.4. The van der Waals surface area contributed by atoms with Crippen LogP contribution in [0.25, 0.3) is 0 Å². The second-order valence-electron chi connectivity index (χ2n) is 2.19. The summed E-state index contributed by atoms with van der Waals surface area (Å²) < 4.78 is 0. The van der Waals surface area contributed by atoms with E-state index in [1.165, 1.54) is 4.90 Å². The fraction of sp³-hybridized carbons (Fsp3) is 0.400. The van der Waals surface area contributed by atoms with Crippen LogP contribution in [0.1, 0.15) is 19.4 Å². The van der Waals surface area contributed by atoms with Gasteiger partial charge < -0.3 is 5.73 Å². The monoisotopic (exact) mass is 183 g/mol. The van der Waals surface area contributed by atoms with Gasteiger partial charge in [0.05, 0.1) is 0 Å². The number of benzene rings is 1. The summed E-state index contributed by atoms with van der Waals surface area (Å²) in [5.74, 6) is 0. The third-order valence-corrected chi connectivity index (χ3v) is 2.30. The van der Waals surface area contributed by atoms with Crippen LogP contribution in [-0.4, -0.2) is 6.26 Å². The van der Waals surface area contributed by atoms with Crippen LogP contribution in [0.4, 0.5) is 5.69 Å². The molecule has 0 spiro atoms. The number of hydrogen-bond donors (Lipinski definition) is 1. The molecule has 0 heterocycles. The van der Waals surface area contributed by atoms with Crippen molar-refractivity contribution in [2.24, 2.45) is 0 Å². The largest absolute Gasteiger partial charge is 0.398 e. The van der Waals surface area contributed by atoms with E-state index in [-0.39, 0.29) is 0 Å². The van der Waals surface area contributed by atoms with Gasteiger partial charge in [0, 0.05) is 10.6 Å². The van der Waals surface area contributed by atoms with E-state index in [9.17, 15) is 0 Å². The predicted octanol–water partition coefficient (Wildman–Crippen LogP) is 3.33. The van der Waals surface area contributed by atoms with Crippen LogP contribution >= 0.6 is 11.8 Å². The van der Waals surface area contributed by atoms with Crippen molar-refractivity contribution in [2.45, 2.75) is 25.7 Å². The van der Waals surface area contributed by atoms with Crippen LogP contribution in [0, 0.1) is 6.92 Å². The van der Waals surface area contributed by atoms with Gasteiger partial charge in [0.2, 0.25) is 0 Å². The molecule has 0 saturated heterocycles. The van der Waals surface area contributed by atoms with Gasteiger partial charge in [0.25, 0.3) is 0 Å². The van der Waals surface area contributed by atoms with Crippen LogP contribution in [0.3, 0.4) is 0 Å². The van der Waals surface area contributed by atoms with Gasteiger partial charge in [-0.1, -0.05) is 26.0 Å². The Morgan fingerprint density at radius 2 is 1.83 bits per heavy atom. The lowest BCUT2D eigenvalue weighted by molar-refractivity contribution is 1.37. The highest BCUT2D eigenvalue weighted by Gasteiger charge is 1.97. The number of aryl methyl sites for hydroxylation is 1. The zero-order valence-electron chi connectivity index (χ0n) is 8.22. The van der Waals surface area contributed by atoms with E-state index in [0.29, 0.717) is 0 Å². The molecular formula is C10H17NS. The fourth-order valence-corrected chi connectivity index (χ4v) is 1.43. The first-order valence-electron chi connectivity index (χ1n) is 4.15. The standard InChI is InChI=1S/C8H11NS.C2H6/c1-6-4-3-5-7(10-2)8(6)9;1-2/h3-5H,9H2,1-2H3;1-2H3. The van der Waals surface area contributed by atoms with E-state index < -0.39 is 0 Å². The maximum absolute atomic E-state index is 5.77. The van der Waals surface area contributed by atoms with Gasteiger partial charge in [-0.15, -0.1) is 11.8 Å². The summed E-state index contributed by atoms with van der Waals surface area (Å²) in [6.45, 7) is 6.02. The molecule has 0 aliphatic carbocycles. The number of thioether (sulfide) groups is 1. The van der Waals surface area contributed by atoms with Crippen molar-refractivity contribution in [3.63, 3.8) is 0 Å². The molecule has 0 aliphatic heterocycles. The summed E-state index contributed by atoms with van der Waals surface area (Å²) in [5, 5.41) is 0. The fourth-order valence-electron chi connectivity index (χ4n) is 0.832. The second-order valence-corrected chi connectivity index (χ2v) is 3.04. The van der Waals surface area contributed by atoms with Gasteiger partial charge in [-0.2, -0.15) is 0 Å². The van der Waals surface area contributed by atoms with E-state index in [1.54, 1.807) is 11.8 Å². The summed E-state index contributed by atoms with van der Waals surface area (Å²) >= 11 is 1.68. The maximum atomic E-state index is 5.77. The molecule has 0 fully saturated rings. The van der Waals surface area contributed by atoms with Gasteiger partial charge >= 0.3 is 0 Å². The van der Waals surface area contributed by atoms with E-state index in [0.717, 1.165) is 11.3 Å². The van der Waals surface area contributed by atoms with Crippen LogP contribution < -0.4 is 5.73 Å². The van der Waals surface area contributed by atoms with E-state index in [2.05, 4.69) is 0 Å². The Labute approximate surface area is 79.4 Å². The lowest BCUT2D eigenvalue weighted by Gasteiger charge is -2.03. The molecule has 12 heavy (non-hydrogen) atoms. The minimum Gasteiger partial charge on any atom is -0.398 e. The van der Waals surface area contributed by atoms with E-state index in [1.807, 2.05) is 45.2 Å². The summed E-state index contributed by atoms with van der Waals surface area (Å²) in [6, 6.07) is 6.08. The summed E-state index contributed by atoms with van der Waals surface area (Å²) in [7, 11) is 0. The minimum atomic E-state index is 0.912. The minimum absolute atomic E-state index is 0.912. The summed E-state index contributed by atoms with van der Waals surface area (Å²) in [4.78, 5) is 1.17. The molecule has 0 saturated carbocycles. The van der Waals surface area contributed by atoms with Crippen molar-refractivity contribution in [2.75, 3.05) is 12.0 Å². The molecule has 0 aliphatic rings. The number of anilines is 1. The van der Waals surface area contributed by atoms with Gasteiger partial charge in [-0.05, 0) is 24.8 Å². The van der Waals surface area contributed by atoms with Gasteiger partial charge in [-0.25, -0.2) is 0 Å². The quantitative estimate of drug-likeness (QED) is 0.534. The lowest BCUT2D eigenvalue weighted by atomic mass is 10.2. The summed E-state index contributed by atoms with van der Waals surface area (Å²) in [5.41, 5.74) is 7.84. The molecular weight excluding hydrogens is 166 g/mol. The van der Waals surface area contributed by atoms with Crippen molar-refractivity contribution in [3.8, 4) is 0 Å². The third kappa shape index (κ3) is 2.78. The first-order valence-corrected chi connectivity index (χ1v) is 5.37. The number of rotatable bonds is 1. The average Bonchev–Trinajstić information content (AvgIpc) is 2.13. The SMILES string of the molecule is CC.CSc1cccc(C)c1N. The highest BCUT2D eigenvalue weighted by molar-refractivity contribution is 7.98. The highest BCUT2D eigenvalue weighted by Crippen LogP contribution is 2.24. The summed E-state index contributed by atoms with van der Waals surface area (Å²) in [6.07, 6.45) is 2.03. The molecule has 0 amide bonds. The molecule has 2 heteroatoms. The number of para-hydroxylation sites is 1. The van der Waals surface area contributed by atoms with Crippen molar-refractivity contribution < 1.29 is 0 Å². The Hall–Kier alpha value is -0.630. The molecule has 0 atom stereocenters. The number of hydrogen-bond acceptors (Lipinski definition) is 2. The molecule has 0 bridgehead atoms. The zero-order chi connectivity index (χ0) is 9.56. The van der Waals surface area contributed by atoms with Crippen molar-refractivity contribution >= 4 is 17.4 Å². The molecule has 0 radical (unpaired) electrons. The van der Waals surface area contributed by atoms with E-state index in [4.69, 9.17) is 5.73 Å². The third-order valence-electron chi connectivity index (χ3n) is 1.50. The maximum Gasteiger partial charge on any atom is 0.0481 e. The van der Waals surface area contributed by atoms with Crippen LogP contribution in [-0.2, 0) is 0 Å². The Morgan fingerprint density at radius 3 is 2.25 bits per heavy atom. The van der Waals surface area contributed by atoms with Crippen LogP contribution in [0.5, 0.6) is 0 Å². The topological polar surface area (TPSA) is 26.0 Å².